The monoisotopic (exact) mass is 240 g/mol. The molecule has 1 amide bonds. The minimum absolute atomic E-state index is 0.0335. The molecule has 17 heavy (non-hydrogen) atoms. The normalized spacial score (nSPS) is 33.6. The Morgan fingerprint density at radius 1 is 1.41 bits per heavy atom. The second-order valence-electron chi connectivity index (χ2n) is 5.11. The maximum atomic E-state index is 11.9. The van der Waals surface area contributed by atoms with Crippen LogP contribution in [0.25, 0.3) is 0 Å². The summed E-state index contributed by atoms with van der Waals surface area (Å²) in [5.41, 5.74) is 0. The van der Waals surface area contributed by atoms with E-state index in [4.69, 9.17) is 4.74 Å². The third-order valence-electron chi connectivity index (χ3n) is 3.91. The molecule has 2 aliphatic rings. The molecule has 4 nitrogen and oxygen atoms in total. The summed E-state index contributed by atoms with van der Waals surface area (Å²) in [5.74, 6) is 0.680. The van der Waals surface area contributed by atoms with E-state index < -0.39 is 0 Å². The van der Waals surface area contributed by atoms with Gasteiger partial charge in [0.1, 0.15) is 0 Å². The Hall–Kier alpha value is -0.610. The van der Waals surface area contributed by atoms with Crippen LogP contribution in [0.15, 0.2) is 0 Å². The Morgan fingerprint density at radius 2 is 2.29 bits per heavy atom. The fourth-order valence-electron chi connectivity index (χ4n) is 2.81. The van der Waals surface area contributed by atoms with Crippen LogP contribution < -0.4 is 10.6 Å². The molecule has 2 N–H and O–H groups in total. The van der Waals surface area contributed by atoms with Gasteiger partial charge in [-0.25, -0.2) is 0 Å². The highest BCUT2D eigenvalue weighted by molar-refractivity contribution is 5.81. The van der Waals surface area contributed by atoms with E-state index in [-0.39, 0.29) is 11.9 Å². The molecule has 2 fully saturated rings. The van der Waals surface area contributed by atoms with Crippen molar-refractivity contribution < 1.29 is 9.53 Å². The van der Waals surface area contributed by atoms with E-state index in [9.17, 15) is 4.79 Å². The predicted molar refractivity (Wildman–Crippen MR) is 66.8 cm³/mol. The van der Waals surface area contributed by atoms with Crippen LogP contribution in [0.4, 0.5) is 0 Å². The SMILES string of the molecule is CCC1OCCC1CNC(=O)[C@@H]1CCCCN1. The quantitative estimate of drug-likeness (QED) is 0.772. The lowest BCUT2D eigenvalue weighted by atomic mass is 9.99. The highest BCUT2D eigenvalue weighted by atomic mass is 16.5. The van der Waals surface area contributed by atoms with Crippen molar-refractivity contribution in [3.8, 4) is 0 Å². The minimum atomic E-state index is 0.0335. The van der Waals surface area contributed by atoms with Gasteiger partial charge in [-0.15, -0.1) is 0 Å². The summed E-state index contributed by atoms with van der Waals surface area (Å²) in [6.07, 6.45) is 5.80. The second kappa shape index (κ2) is 6.36. The highest BCUT2D eigenvalue weighted by Crippen LogP contribution is 2.22. The van der Waals surface area contributed by atoms with Crippen LogP contribution in [0.2, 0.25) is 0 Å². The van der Waals surface area contributed by atoms with Crippen molar-refractivity contribution in [3.63, 3.8) is 0 Å². The van der Waals surface area contributed by atoms with Gasteiger partial charge in [-0.3, -0.25) is 4.79 Å². The molecule has 2 saturated heterocycles. The average Bonchev–Trinajstić information content (AvgIpc) is 2.84. The first-order valence-electron chi connectivity index (χ1n) is 6.94. The van der Waals surface area contributed by atoms with Gasteiger partial charge in [0.2, 0.25) is 5.91 Å². The number of nitrogens with one attached hydrogen (secondary N) is 2. The number of rotatable bonds is 4. The zero-order valence-corrected chi connectivity index (χ0v) is 10.7. The maximum Gasteiger partial charge on any atom is 0.237 e. The number of hydrogen-bond acceptors (Lipinski definition) is 3. The van der Waals surface area contributed by atoms with E-state index in [0.29, 0.717) is 12.0 Å². The largest absolute Gasteiger partial charge is 0.378 e. The van der Waals surface area contributed by atoms with Crippen molar-refractivity contribution in [1.29, 1.82) is 0 Å². The summed E-state index contributed by atoms with van der Waals surface area (Å²) in [6, 6.07) is 0.0335. The molecule has 0 saturated carbocycles. The van der Waals surface area contributed by atoms with Gasteiger partial charge in [-0.1, -0.05) is 13.3 Å². The Labute approximate surface area is 103 Å². The Morgan fingerprint density at radius 3 is 3.00 bits per heavy atom. The fraction of sp³-hybridized carbons (Fsp3) is 0.923. The van der Waals surface area contributed by atoms with Crippen LogP contribution in [0.3, 0.4) is 0 Å². The van der Waals surface area contributed by atoms with Crippen molar-refractivity contribution in [2.24, 2.45) is 5.92 Å². The Balaban J connectivity index is 1.71. The maximum absolute atomic E-state index is 11.9. The van der Waals surface area contributed by atoms with Gasteiger partial charge >= 0.3 is 0 Å². The molecule has 98 valence electrons. The molecule has 0 radical (unpaired) electrons. The lowest BCUT2D eigenvalue weighted by Crippen LogP contribution is -2.48. The molecule has 0 aromatic rings. The van der Waals surface area contributed by atoms with Gasteiger partial charge in [0.05, 0.1) is 12.1 Å². The lowest BCUT2D eigenvalue weighted by Gasteiger charge is -2.24. The number of ether oxygens (including phenoxy) is 1. The van der Waals surface area contributed by atoms with Crippen molar-refractivity contribution in [3.05, 3.63) is 0 Å². The zero-order chi connectivity index (χ0) is 12.1. The average molecular weight is 240 g/mol. The van der Waals surface area contributed by atoms with Crippen molar-refractivity contribution in [2.45, 2.75) is 51.2 Å². The molecule has 2 heterocycles. The molecule has 0 spiro atoms. The molecule has 0 bridgehead atoms. The topological polar surface area (TPSA) is 50.4 Å². The molecule has 2 unspecified atom stereocenters. The third kappa shape index (κ3) is 3.42. The van der Waals surface area contributed by atoms with Gasteiger partial charge in [0.25, 0.3) is 0 Å². The molecule has 0 aromatic heterocycles. The number of hydrogen-bond donors (Lipinski definition) is 2. The second-order valence-corrected chi connectivity index (χ2v) is 5.11. The first-order chi connectivity index (χ1) is 8.31. The molecular formula is C13H24N2O2. The third-order valence-corrected chi connectivity index (χ3v) is 3.91. The Bertz CT molecular complexity index is 252. The number of carbonyl (C=O) groups excluding carboxylic acids is 1. The first kappa shape index (κ1) is 12.8. The first-order valence-corrected chi connectivity index (χ1v) is 6.94. The molecule has 2 rings (SSSR count). The minimum Gasteiger partial charge on any atom is -0.378 e. The summed E-state index contributed by atoms with van der Waals surface area (Å²) in [6.45, 7) is 4.74. The van der Waals surface area contributed by atoms with Crippen LogP contribution in [-0.4, -0.2) is 37.7 Å². The Kier molecular flexibility index (Phi) is 4.80. The lowest BCUT2D eigenvalue weighted by molar-refractivity contribution is -0.123. The van der Waals surface area contributed by atoms with E-state index in [1.165, 1.54) is 6.42 Å². The summed E-state index contributed by atoms with van der Waals surface area (Å²) in [5, 5.41) is 6.35. The van der Waals surface area contributed by atoms with E-state index in [2.05, 4.69) is 17.6 Å². The molecule has 0 aromatic carbocycles. The van der Waals surface area contributed by atoms with Crippen molar-refractivity contribution in [2.75, 3.05) is 19.7 Å². The fourth-order valence-corrected chi connectivity index (χ4v) is 2.81. The molecule has 4 heteroatoms. The van der Waals surface area contributed by atoms with Crippen LogP contribution >= 0.6 is 0 Å². The summed E-state index contributed by atoms with van der Waals surface area (Å²) < 4.78 is 5.63. The van der Waals surface area contributed by atoms with Gasteiger partial charge in [-0.2, -0.15) is 0 Å². The van der Waals surface area contributed by atoms with E-state index in [1.807, 2.05) is 0 Å². The summed E-state index contributed by atoms with van der Waals surface area (Å²) >= 11 is 0. The van der Waals surface area contributed by atoms with E-state index in [0.717, 1.165) is 45.4 Å². The van der Waals surface area contributed by atoms with Gasteiger partial charge in [0.15, 0.2) is 0 Å². The molecular weight excluding hydrogens is 216 g/mol. The number of amides is 1. The molecule has 2 aliphatic heterocycles. The van der Waals surface area contributed by atoms with Crippen molar-refractivity contribution >= 4 is 5.91 Å². The molecule has 0 aliphatic carbocycles. The van der Waals surface area contributed by atoms with Crippen molar-refractivity contribution in [1.82, 2.24) is 10.6 Å². The standard InChI is InChI=1S/C13H24N2O2/c1-2-12-10(6-8-17-12)9-15-13(16)11-5-3-4-7-14-11/h10-12,14H,2-9H2,1H3,(H,15,16)/t10?,11-,12?/m0/s1. The summed E-state index contributed by atoms with van der Waals surface area (Å²) in [4.78, 5) is 11.9. The van der Waals surface area contributed by atoms with E-state index >= 15 is 0 Å². The number of carbonyl (C=O) groups is 1. The van der Waals surface area contributed by atoms with Gasteiger partial charge in [0, 0.05) is 19.1 Å². The smallest absolute Gasteiger partial charge is 0.237 e. The summed E-state index contributed by atoms with van der Waals surface area (Å²) in [7, 11) is 0. The number of piperidine rings is 1. The van der Waals surface area contributed by atoms with Crippen LogP contribution in [0.5, 0.6) is 0 Å². The van der Waals surface area contributed by atoms with E-state index in [1.54, 1.807) is 0 Å². The van der Waals surface area contributed by atoms with Gasteiger partial charge < -0.3 is 15.4 Å². The molecule has 3 atom stereocenters. The highest BCUT2D eigenvalue weighted by Gasteiger charge is 2.28. The zero-order valence-electron chi connectivity index (χ0n) is 10.7. The van der Waals surface area contributed by atoms with Crippen LogP contribution in [0.1, 0.15) is 39.0 Å². The van der Waals surface area contributed by atoms with Gasteiger partial charge in [-0.05, 0) is 32.2 Å². The predicted octanol–water partition coefficient (Wildman–Crippen LogP) is 1.06. The van der Waals surface area contributed by atoms with Crippen LogP contribution in [-0.2, 0) is 9.53 Å². The van der Waals surface area contributed by atoms with Crippen LogP contribution in [0, 0.1) is 5.92 Å².